The third-order valence-corrected chi connectivity index (χ3v) is 6.59. The molecule has 2 nitrogen and oxygen atoms in total. The minimum Gasteiger partial charge on any atom is -0.496 e. The molecule has 0 aliphatic heterocycles. The molecular weight excluding hydrogens is 417 g/mol. The average molecular weight is 435 g/mol. The van der Waals surface area contributed by atoms with Crippen LogP contribution in [0.5, 0.6) is 5.75 Å². The van der Waals surface area contributed by atoms with Gasteiger partial charge in [0.2, 0.25) is 0 Å². The van der Waals surface area contributed by atoms with Gasteiger partial charge in [-0.2, -0.15) is 0 Å². The third kappa shape index (κ3) is 2.47. The molecule has 0 amide bonds. The fourth-order valence-corrected chi connectivity index (χ4v) is 5.56. The zero-order valence-electron chi connectivity index (χ0n) is 13.1. The summed E-state index contributed by atoms with van der Waals surface area (Å²) in [5, 5.41) is 1.37. The molecule has 0 saturated heterocycles. The van der Waals surface area contributed by atoms with Crippen molar-refractivity contribution in [2.24, 2.45) is 0 Å². The number of rotatable bonds is 4. The van der Waals surface area contributed by atoms with E-state index in [1.165, 1.54) is 34.1 Å². The second-order valence-corrected chi connectivity index (χ2v) is 7.77. The summed E-state index contributed by atoms with van der Waals surface area (Å²) in [6.45, 7) is 2.26. The molecule has 2 aromatic carbocycles. The highest BCUT2D eigenvalue weighted by Gasteiger charge is 2.44. The van der Waals surface area contributed by atoms with Crippen LogP contribution in [0, 0.1) is 6.92 Å². The number of nitrogens with zero attached hydrogens (tertiary/aromatic N) is 1. The Morgan fingerprint density at radius 3 is 2.61 bits per heavy atom. The van der Waals surface area contributed by atoms with Gasteiger partial charge in [-0.15, -0.1) is 0 Å². The van der Waals surface area contributed by atoms with Crippen molar-refractivity contribution in [2.75, 3.05) is 7.11 Å². The van der Waals surface area contributed by atoms with Crippen molar-refractivity contribution in [3.8, 4) is 5.75 Å². The van der Waals surface area contributed by atoms with E-state index in [0.29, 0.717) is 11.8 Å². The number of fused-ring (bicyclic) bond motifs is 1. The third-order valence-electron chi connectivity index (χ3n) is 4.88. The lowest BCUT2D eigenvalue weighted by Crippen LogP contribution is -1.95. The Kier molecular flexibility index (Phi) is 4.05. The Morgan fingerprint density at radius 1 is 1.09 bits per heavy atom. The minimum atomic E-state index is 0.566. The molecule has 2 atom stereocenters. The Bertz CT molecular complexity index is 873. The number of hydrogen-bond acceptors (Lipinski definition) is 2. The maximum absolute atomic E-state index is 5.56. The van der Waals surface area contributed by atoms with E-state index in [1.807, 2.05) is 6.07 Å². The molecule has 1 aliphatic carbocycles. The quantitative estimate of drug-likeness (QED) is 0.462. The number of halogens is 1. The highest BCUT2D eigenvalue weighted by atomic mass is 127. The van der Waals surface area contributed by atoms with E-state index in [4.69, 9.17) is 4.74 Å². The molecular formula is C19H18INOS. The Hall–Kier alpha value is -1.14. The van der Waals surface area contributed by atoms with Crippen molar-refractivity contribution in [3.63, 3.8) is 0 Å². The Balaban J connectivity index is 1.79. The van der Waals surface area contributed by atoms with Gasteiger partial charge in [-0.3, -0.25) is 3.97 Å². The number of aromatic nitrogens is 1. The molecule has 0 radical (unpaired) electrons. The molecule has 1 heterocycles. The summed E-state index contributed by atoms with van der Waals surface area (Å²) >= 11 is 2.39. The van der Waals surface area contributed by atoms with Crippen LogP contribution < -0.4 is 4.74 Å². The van der Waals surface area contributed by atoms with Gasteiger partial charge in [-0.25, -0.2) is 0 Å². The van der Waals surface area contributed by atoms with E-state index < -0.39 is 0 Å². The van der Waals surface area contributed by atoms with Gasteiger partial charge in [-0.1, -0.05) is 36.4 Å². The summed E-state index contributed by atoms with van der Waals surface area (Å²) in [5.74, 6) is 2.17. The average Bonchev–Trinajstić information content (AvgIpc) is 3.33. The normalized spacial score (nSPS) is 20.0. The van der Waals surface area contributed by atoms with Gasteiger partial charge in [0.25, 0.3) is 0 Å². The van der Waals surface area contributed by atoms with Crippen LogP contribution in [-0.4, -0.2) is 11.1 Å². The van der Waals surface area contributed by atoms with E-state index in [1.54, 1.807) is 16.2 Å². The largest absolute Gasteiger partial charge is 0.496 e. The first-order chi connectivity index (χ1) is 11.3. The van der Waals surface area contributed by atoms with E-state index in [0.717, 1.165) is 5.75 Å². The van der Waals surface area contributed by atoms with Crippen LogP contribution in [0.3, 0.4) is 0 Å². The van der Waals surface area contributed by atoms with E-state index in [-0.39, 0.29) is 0 Å². The lowest BCUT2D eigenvalue weighted by atomic mass is 10.0. The van der Waals surface area contributed by atoms with Crippen molar-refractivity contribution in [3.05, 3.63) is 65.4 Å². The highest BCUT2D eigenvalue weighted by molar-refractivity contribution is 14.2. The minimum absolute atomic E-state index is 0.566. The molecule has 4 rings (SSSR count). The second kappa shape index (κ2) is 6.06. The SMILES string of the molecule is COc1ccccc1[C@@H]1C[C@@H]1c1c(C)c2ccccc2n1SI. The maximum atomic E-state index is 5.56. The van der Waals surface area contributed by atoms with Gasteiger partial charge in [0.05, 0.1) is 12.6 Å². The summed E-state index contributed by atoms with van der Waals surface area (Å²) in [4.78, 5) is 0. The van der Waals surface area contributed by atoms with Crippen LogP contribution >= 0.6 is 30.3 Å². The Morgan fingerprint density at radius 2 is 1.83 bits per heavy atom. The lowest BCUT2D eigenvalue weighted by molar-refractivity contribution is 0.409. The Labute approximate surface area is 152 Å². The van der Waals surface area contributed by atoms with Crippen LogP contribution in [0.25, 0.3) is 10.9 Å². The van der Waals surface area contributed by atoms with Crippen LogP contribution in [-0.2, 0) is 0 Å². The predicted molar refractivity (Wildman–Crippen MR) is 107 cm³/mol. The first-order valence-corrected chi connectivity index (χ1v) is 11.1. The summed E-state index contributed by atoms with van der Waals surface area (Å²) in [5.41, 5.74) is 5.56. The second-order valence-electron chi connectivity index (χ2n) is 6.08. The van der Waals surface area contributed by atoms with Crippen molar-refractivity contribution in [1.82, 2.24) is 3.97 Å². The van der Waals surface area contributed by atoms with Crippen molar-refractivity contribution in [1.29, 1.82) is 0 Å². The molecule has 0 spiro atoms. The molecule has 118 valence electrons. The lowest BCUT2D eigenvalue weighted by Gasteiger charge is -2.09. The van der Waals surface area contributed by atoms with Gasteiger partial charge in [0.15, 0.2) is 0 Å². The van der Waals surface area contributed by atoms with Crippen molar-refractivity contribution >= 4 is 41.2 Å². The van der Waals surface area contributed by atoms with Crippen molar-refractivity contribution < 1.29 is 4.74 Å². The smallest absolute Gasteiger partial charge is 0.122 e. The standard InChI is InChI=1S/C19H18INOS/c1-12-13-7-3-5-9-17(13)21(23-20)19(12)16-11-15(16)14-8-4-6-10-18(14)22-2/h3-10,15-16H,11H2,1-2H3/t15-,16-/m0/s1. The number of aryl methyl sites for hydroxylation is 1. The van der Waals surface area contributed by atoms with Crippen LogP contribution in [0.1, 0.15) is 35.1 Å². The van der Waals surface area contributed by atoms with E-state index in [9.17, 15) is 0 Å². The van der Waals surface area contributed by atoms with Gasteiger partial charge in [0.1, 0.15) is 5.75 Å². The molecule has 1 fully saturated rings. The molecule has 1 aliphatic rings. The zero-order valence-corrected chi connectivity index (χ0v) is 16.1. The number of hydrogen-bond donors (Lipinski definition) is 0. The molecule has 23 heavy (non-hydrogen) atoms. The predicted octanol–water partition coefficient (Wildman–Crippen LogP) is 6.08. The van der Waals surface area contributed by atoms with Crippen LogP contribution in [0.15, 0.2) is 48.5 Å². The number of para-hydroxylation sites is 2. The van der Waals surface area contributed by atoms with Crippen LogP contribution in [0.4, 0.5) is 0 Å². The van der Waals surface area contributed by atoms with E-state index >= 15 is 0 Å². The van der Waals surface area contributed by atoms with Gasteiger partial charge < -0.3 is 4.74 Å². The fourth-order valence-electron chi connectivity index (χ4n) is 3.70. The summed E-state index contributed by atoms with van der Waals surface area (Å²) in [7, 11) is 3.54. The van der Waals surface area contributed by atoms with E-state index in [2.05, 4.69) is 74.6 Å². The molecule has 1 saturated carbocycles. The molecule has 4 heteroatoms. The summed E-state index contributed by atoms with van der Waals surface area (Å²) in [6.07, 6.45) is 1.20. The molecule has 0 bridgehead atoms. The molecule has 3 aromatic rings. The van der Waals surface area contributed by atoms with Gasteiger partial charge in [-0.05, 0) is 42.5 Å². The summed E-state index contributed by atoms with van der Waals surface area (Å²) in [6, 6.07) is 17.1. The van der Waals surface area contributed by atoms with Gasteiger partial charge in [0, 0.05) is 47.3 Å². The first-order valence-electron chi connectivity index (χ1n) is 7.78. The summed E-state index contributed by atoms with van der Waals surface area (Å²) < 4.78 is 7.97. The highest BCUT2D eigenvalue weighted by Crippen LogP contribution is 2.59. The number of methoxy groups -OCH3 is 1. The molecule has 0 unspecified atom stereocenters. The fraction of sp³-hybridized carbons (Fsp3) is 0.263. The topological polar surface area (TPSA) is 14.2 Å². The molecule has 1 aromatic heterocycles. The molecule has 0 N–H and O–H groups in total. The van der Waals surface area contributed by atoms with Crippen LogP contribution in [0.2, 0.25) is 0 Å². The van der Waals surface area contributed by atoms with Gasteiger partial charge >= 0.3 is 0 Å². The maximum Gasteiger partial charge on any atom is 0.122 e. The first kappa shape index (κ1) is 15.4. The van der Waals surface area contributed by atoms with Crippen molar-refractivity contribution in [2.45, 2.75) is 25.2 Å². The number of ether oxygens (including phenoxy) is 1. The monoisotopic (exact) mass is 435 g/mol. The number of benzene rings is 2. The zero-order chi connectivity index (χ0) is 16.0.